The standard InChI is InChI=1S/C21H32BN3O4/c1-3-11-23-21(27)24-17-9-7-15(8-10-17)12-19(26)25-18-13-16-6-4-5-14(2)20(16)29-22(18)28/h4-6,15,17-18,28H,3,7-13H2,1-2H3,(H,25,26)(H2,23,24,27). The van der Waals surface area contributed by atoms with Gasteiger partial charge in [-0.15, -0.1) is 0 Å². The summed E-state index contributed by atoms with van der Waals surface area (Å²) in [6, 6.07) is 5.96. The topological polar surface area (TPSA) is 99.7 Å². The van der Waals surface area contributed by atoms with Gasteiger partial charge >= 0.3 is 13.1 Å². The van der Waals surface area contributed by atoms with Gasteiger partial charge in [-0.3, -0.25) is 4.79 Å². The van der Waals surface area contributed by atoms with Crippen molar-refractivity contribution in [2.75, 3.05) is 6.54 Å². The maximum absolute atomic E-state index is 12.5. The molecule has 1 unspecified atom stereocenters. The van der Waals surface area contributed by atoms with Gasteiger partial charge in [-0.2, -0.15) is 0 Å². The third-order valence-electron chi connectivity index (χ3n) is 5.85. The molecule has 1 aromatic rings. The molecule has 1 saturated carbocycles. The van der Waals surface area contributed by atoms with E-state index in [4.69, 9.17) is 4.65 Å². The van der Waals surface area contributed by atoms with E-state index in [1.807, 2.05) is 32.0 Å². The lowest BCUT2D eigenvalue weighted by Gasteiger charge is -2.31. The highest BCUT2D eigenvalue weighted by Crippen LogP contribution is 2.30. The summed E-state index contributed by atoms with van der Waals surface area (Å²) in [5, 5.41) is 19.1. The van der Waals surface area contributed by atoms with E-state index in [0.29, 0.717) is 25.3 Å². The first-order chi connectivity index (χ1) is 14.0. The first kappa shape index (κ1) is 21.5. The quantitative estimate of drug-likeness (QED) is 0.549. The third kappa shape index (κ3) is 5.89. The molecule has 0 spiro atoms. The molecule has 0 aromatic heterocycles. The van der Waals surface area contributed by atoms with Crippen molar-refractivity contribution in [2.24, 2.45) is 5.92 Å². The Morgan fingerprint density at radius 1 is 1.21 bits per heavy atom. The molecule has 29 heavy (non-hydrogen) atoms. The first-order valence-corrected chi connectivity index (χ1v) is 10.7. The Balaban J connectivity index is 1.42. The number of hydrogen-bond donors (Lipinski definition) is 4. The number of rotatable bonds is 6. The van der Waals surface area contributed by atoms with Crippen molar-refractivity contribution < 1.29 is 19.3 Å². The van der Waals surface area contributed by atoms with Crippen molar-refractivity contribution in [1.29, 1.82) is 0 Å². The second-order valence-electron chi connectivity index (χ2n) is 8.27. The smallest absolute Gasteiger partial charge is 0.534 e. The Morgan fingerprint density at radius 2 is 1.97 bits per heavy atom. The lowest BCUT2D eigenvalue weighted by molar-refractivity contribution is -0.122. The Labute approximate surface area is 173 Å². The number of carbonyl (C=O) groups is 2. The summed E-state index contributed by atoms with van der Waals surface area (Å²) in [7, 11) is -1.03. The predicted octanol–water partition coefficient (Wildman–Crippen LogP) is 2.09. The minimum atomic E-state index is -1.03. The number of para-hydroxylation sites is 1. The largest absolute Gasteiger partial charge is 0.547 e. The number of aryl methyl sites for hydroxylation is 1. The average Bonchev–Trinajstić information content (AvgIpc) is 2.69. The molecule has 4 N–H and O–H groups in total. The molecule has 3 rings (SSSR count). The van der Waals surface area contributed by atoms with Crippen LogP contribution in [-0.2, 0) is 11.2 Å². The van der Waals surface area contributed by atoms with Crippen molar-refractivity contribution in [3.8, 4) is 5.75 Å². The minimum Gasteiger partial charge on any atom is -0.534 e. The van der Waals surface area contributed by atoms with Gasteiger partial charge in [0.1, 0.15) is 5.75 Å². The van der Waals surface area contributed by atoms with E-state index in [-0.39, 0.29) is 18.0 Å². The number of carbonyl (C=O) groups excluding carboxylic acids is 2. The fourth-order valence-electron chi connectivity index (χ4n) is 4.22. The lowest BCUT2D eigenvalue weighted by Crippen LogP contribution is -2.53. The molecule has 1 aliphatic carbocycles. The van der Waals surface area contributed by atoms with Gasteiger partial charge in [-0.25, -0.2) is 4.79 Å². The molecule has 0 saturated heterocycles. The summed E-state index contributed by atoms with van der Waals surface area (Å²) in [6.07, 6.45) is 5.53. The number of urea groups is 1. The molecule has 3 amide bonds. The summed E-state index contributed by atoms with van der Waals surface area (Å²) >= 11 is 0. The lowest BCUT2D eigenvalue weighted by atomic mass is 9.72. The zero-order valence-corrected chi connectivity index (χ0v) is 17.4. The highest BCUT2D eigenvalue weighted by atomic mass is 16.5. The van der Waals surface area contributed by atoms with Gasteiger partial charge in [0.05, 0.1) is 5.94 Å². The summed E-state index contributed by atoms with van der Waals surface area (Å²) in [6.45, 7) is 4.65. The molecule has 1 heterocycles. The average molecular weight is 401 g/mol. The van der Waals surface area contributed by atoms with Gasteiger partial charge in [-0.05, 0) is 62.5 Å². The summed E-state index contributed by atoms with van der Waals surface area (Å²) in [5.41, 5.74) is 1.99. The minimum absolute atomic E-state index is 0.0501. The molecule has 1 aliphatic heterocycles. The molecule has 0 radical (unpaired) electrons. The number of nitrogens with one attached hydrogen (secondary N) is 3. The normalized spacial score (nSPS) is 23.6. The van der Waals surface area contributed by atoms with Crippen LogP contribution in [0, 0.1) is 12.8 Å². The van der Waals surface area contributed by atoms with E-state index in [1.54, 1.807) is 0 Å². The molecular weight excluding hydrogens is 369 g/mol. The molecule has 7 nitrogen and oxygen atoms in total. The van der Waals surface area contributed by atoms with E-state index in [2.05, 4.69) is 16.0 Å². The van der Waals surface area contributed by atoms with E-state index in [0.717, 1.165) is 49.0 Å². The van der Waals surface area contributed by atoms with E-state index in [9.17, 15) is 14.6 Å². The highest BCUT2D eigenvalue weighted by Gasteiger charge is 2.36. The van der Waals surface area contributed by atoms with Crippen LogP contribution in [0.3, 0.4) is 0 Å². The van der Waals surface area contributed by atoms with Crippen LogP contribution in [0.2, 0.25) is 0 Å². The van der Waals surface area contributed by atoms with Crippen LogP contribution in [0.1, 0.15) is 56.6 Å². The van der Waals surface area contributed by atoms with Gasteiger partial charge in [0.25, 0.3) is 0 Å². The Bertz CT molecular complexity index is 722. The second kappa shape index (κ2) is 10.0. The summed E-state index contributed by atoms with van der Waals surface area (Å²) in [5.74, 6) is 0.546. The molecule has 158 valence electrons. The van der Waals surface area contributed by atoms with Crippen molar-refractivity contribution in [3.63, 3.8) is 0 Å². The monoisotopic (exact) mass is 401 g/mol. The van der Waals surface area contributed by atoms with Crippen LogP contribution in [0.4, 0.5) is 4.79 Å². The molecule has 1 fully saturated rings. The van der Waals surface area contributed by atoms with Crippen LogP contribution in [0.25, 0.3) is 0 Å². The fourth-order valence-corrected chi connectivity index (χ4v) is 4.22. The molecular formula is C21H32BN3O4. The Morgan fingerprint density at radius 3 is 2.69 bits per heavy atom. The van der Waals surface area contributed by atoms with E-state index in [1.165, 1.54) is 0 Å². The maximum Gasteiger partial charge on any atom is 0.547 e. The zero-order chi connectivity index (χ0) is 20.8. The van der Waals surface area contributed by atoms with Gasteiger partial charge in [0.2, 0.25) is 5.91 Å². The number of benzene rings is 1. The Hall–Kier alpha value is -2.22. The van der Waals surface area contributed by atoms with Crippen molar-refractivity contribution >= 4 is 19.1 Å². The summed E-state index contributed by atoms with van der Waals surface area (Å²) in [4.78, 5) is 24.3. The molecule has 2 aliphatic rings. The van der Waals surface area contributed by atoms with Crippen LogP contribution in [0.5, 0.6) is 5.75 Å². The highest BCUT2D eigenvalue weighted by molar-refractivity contribution is 6.46. The van der Waals surface area contributed by atoms with Crippen LogP contribution < -0.4 is 20.6 Å². The van der Waals surface area contributed by atoms with Crippen molar-refractivity contribution in [1.82, 2.24) is 16.0 Å². The molecule has 8 heteroatoms. The number of hydrogen-bond acceptors (Lipinski definition) is 4. The van der Waals surface area contributed by atoms with E-state index >= 15 is 0 Å². The summed E-state index contributed by atoms with van der Waals surface area (Å²) < 4.78 is 5.64. The Kier molecular flexibility index (Phi) is 7.42. The van der Waals surface area contributed by atoms with Gasteiger partial charge in [-0.1, -0.05) is 25.1 Å². The SMILES string of the molecule is CCCNC(=O)NC1CCC(CC(=O)NC2Cc3cccc(C)c3OB2O)CC1. The predicted molar refractivity (Wildman–Crippen MR) is 113 cm³/mol. The maximum atomic E-state index is 12.5. The van der Waals surface area contributed by atoms with Crippen LogP contribution >= 0.6 is 0 Å². The van der Waals surface area contributed by atoms with Crippen LogP contribution in [-0.4, -0.2) is 42.6 Å². The zero-order valence-electron chi connectivity index (χ0n) is 17.4. The van der Waals surface area contributed by atoms with Crippen molar-refractivity contribution in [3.05, 3.63) is 29.3 Å². The van der Waals surface area contributed by atoms with Gasteiger partial charge in [0, 0.05) is 19.0 Å². The molecule has 1 atom stereocenters. The number of fused-ring (bicyclic) bond motifs is 1. The van der Waals surface area contributed by atoms with E-state index < -0.39 is 13.1 Å². The second-order valence-corrected chi connectivity index (χ2v) is 8.27. The molecule has 0 bridgehead atoms. The third-order valence-corrected chi connectivity index (χ3v) is 5.85. The number of amides is 3. The first-order valence-electron chi connectivity index (χ1n) is 10.7. The van der Waals surface area contributed by atoms with Gasteiger partial charge < -0.3 is 25.6 Å². The van der Waals surface area contributed by atoms with Crippen LogP contribution in [0.15, 0.2) is 18.2 Å². The van der Waals surface area contributed by atoms with Gasteiger partial charge in [0.15, 0.2) is 0 Å². The fraction of sp³-hybridized carbons (Fsp3) is 0.619. The van der Waals surface area contributed by atoms with Crippen molar-refractivity contribution in [2.45, 2.75) is 70.8 Å². The molecule has 1 aromatic carbocycles.